The molecule has 11 nitrogen and oxygen atoms in total. The zero-order valence-corrected chi connectivity index (χ0v) is 21.4. The minimum absolute atomic E-state index is 0.125. The maximum atomic E-state index is 13.2. The standard InChI is InChI=1S/C26H30N8O3/c1-17-6-7-21(28-15-17)34-22(30-24(35)19-16-29-33-11-5-10-27-23(19)33)14-20(31-34)18-8-12-32(13-9-18)25(36)37-26(2,3)4/h5-7,10-11,14-16,18H,8-9,12-13H2,1-4H3,(H,30,35). The first-order chi connectivity index (χ1) is 17.7. The number of aryl methyl sites for hydroxylation is 1. The fourth-order valence-electron chi connectivity index (χ4n) is 4.30. The van der Waals surface area contributed by atoms with Crippen LogP contribution in [-0.4, -0.2) is 65.0 Å². The summed E-state index contributed by atoms with van der Waals surface area (Å²) in [5.41, 5.74) is 2.15. The summed E-state index contributed by atoms with van der Waals surface area (Å²) in [6.07, 6.45) is 7.80. The molecule has 0 bridgehead atoms. The van der Waals surface area contributed by atoms with Crippen molar-refractivity contribution in [3.05, 3.63) is 65.9 Å². The maximum Gasteiger partial charge on any atom is 0.410 e. The maximum absolute atomic E-state index is 13.2. The molecule has 0 aliphatic carbocycles. The van der Waals surface area contributed by atoms with E-state index in [-0.39, 0.29) is 17.9 Å². The number of carbonyl (C=O) groups excluding carboxylic acids is 2. The molecular weight excluding hydrogens is 472 g/mol. The van der Waals surface area contributed by atoms with Gasteiger partial charge in [-0.15, -0.1) is 0 Å². The van der Waals surface area contributed by atoms with Gasteiger partial charge in [0, 0.05) is 43.7 Å². The highest BCUT2D eigenvalue weighted by Crippen LogP contribution is 2.31. The first kappa shape index (κ1) is 24.4. The number of anilines is 1. The Hall–Kier alpha value is -4.28. The third kappa shape index (κ3) is 5.30. The SMILES string of the molecule is Cc1ccc(-n2nc(C3CCN(C(=O)OC(C)(C)C)CC3)cc2NC(=O)c2cnn3cccnc23)nc1. The molecule has 1 fully saturated rings. The van der Waals surface area contributed by atoms with E-state index < -0.39 is 5.60 Å². The molecule has 0 spiro atoms. The first-order valence-corrected chi connectivity index (χ1v) is 12.3. The average molecular weight is 503 g/mol. The lowest BCUT2D eigenvalue weighted by atomic mass is 9.94. The van der Waals surface area contributed by atoms with Crippen molar-refractivity contribution in [1.82, 2.24) is 34.3 Å². The van der Waals surface area contributed by atoms with Crippen LogP contribution in [0.15, 0.2) is 49.1 Å². The molecule has 1 aliphatic heterocycles. The molecule has 0 unspecified atom stereocenters. The minimum Gasteiger partial charge on any atom is -0.444 e. The van der Waals surface area contributed by atoms with Crippen molar-refractivity contribution in [2.45, 2.75) is 52.1 Å². The van der Waals surface area contributed by atoms with Gasteiger partial charge in [0.1, 0.15) is 17.0 Å². The average Bonchev–Trinajstić information content (AvgIpc) is 3.48. The fraction of sp³-hybridized carbons (Fsp3) is 0.385. The zero-order chi connectivity index (χ0) is 26.2. The predicted molar refractivity (Wildman–Crippen MR) is 137 cm³/mol. The van der Waals surface area contributed by atoms with Crippen LogP contribution in [-0.2, 0) is 4.74 Å². The van der Waals surface area contributed by atoms with Crippen molar-refractivity contribution in [2.24, 2.45) is 0 Å². The molecule has 11 heteroatoms. The number of carbonyl (C=O) groups is 2. The highest BCUT2D eigenvalue weighted by atomic mass is 16.6. The quantitative estimate of drug-likeness (QED) is 0.448. The number of aromatic nitrogens is 6. The Kier molecular flexibility index (Phi) is 6.36. The number of hydrogen-bond acceptors (Lipinski definition) is 7. The van der Waals surface area contributed by atoms with Crippen LogP contribution >= 0.6 is 0 Å². The molecule has 0 aromatic carbocycles. The van der Waals surface area contributed by atoms with Crippen LogP contribution < -0.4 is 5.32 Å². The molecule has 192 valence electrons. The summed E-state index contributed by atoms with van der Waals surface area (Å²) in [5, 5.41) is 12.0. The highest BCUT2D eigenvalue weighted by molar-refractivity contribution is 6.07. The number of rotatable bonds is 4. The van der Waals surface area contributed by atoms with E-state index in [1.807, 2.05) is 45.9 Å². The van der Waals surface area contributed by atoms with E-state index in [4.69, 9.17) is 9.84 Å². The van der Waals surface area contributed by atoms with Gasteiger partial charge in [0.2, 0.25) is 0 Å². The van der Waals surface area contributed by atoms with Crippen molar-refractivity contribution in [2.75, 3.05) is 18.4 Å². The number of fused-ring (bicyclic) bond motifs is 1. The van der Waals surface area contributed by atoms with Crippen molar-refractivity contribution >= 4 is 23.5 Å². The number of nitrogens with one attached hydrogen (secondary N) is 1. The second kappa shape index (κ2) is 9.64. The third-order valence-corrected chi connectivity index (χ3v) is 6.17. The second-order valence-corrected chi connectivity index (χ2v) is 10.2. The van der Waals surface area contributed by atoms with Crippen LogP contribution in [0.5, 0.6) is 0 Å². The molecule has 0 radical (unpaired) electrons. The van der Waals surface area contributed by atoms with Crippen LogP contribution in [0.2, 0.25) is 0 Å². The lowest BCUT2D eigenvalue weighted by Crippen LogP contribution is -2.41. The molecule has 1 N–H and O–H groups in total. The molecular formula is C26H30N8O3. The summed E-state index contributed by atoms with van der Waals surface area (Å²) in [6.45, 7) is 8.70. The molecule has 5 heterocycles. The van der Waals surface area contributed by atoms with E-state index in [0.717, 1.165) is 24.1 Å². The summed E-state index contributed by atoms with van der Waals surface area (Å²) >= 11 is 0. The molecule has 4 aromatic rings. The van der Waals surface area contributed by atoms with Crippen molar-refractivity contribution in [1.29, 1.82) is 0 Å². The Morgan fingerprint density at radius 3 is 2.59 bits per heavy atom. The van der Waals surface area contributed by atoms with Crippen LogP contribution in [0.25, 0.3) is 11.5 Å². The Bertz CT molecular complexity index is 1430. The first-order valence-electron chi connectivity index (χ1n) is 12.3. The van der Waals surface area contributed by atoms with E-state index in [1.165, 1.54) is 6.20 Å². The molecule has 2 amide bonds. The Balaban J connectivity index is 1.39. The van der Waals surface area contributed by atoms with Gasteiger partial charge < -0.3 is 15.0 Å². The van der Waals surface area contributed by atoms with E-state index in [2.05, 4.69) is 20.4 Å². The van der Waals surface area contributed by atoms with Crippen LogP contribution in [0.4, 0.5) is 10.6 Å². The Morgan fingerprint density at radius 2 is 1.89 bits per heavy atom. The number of likely N-dealkylation sites (tertiary alicyclic amines) is 1. The van der Waals surface area contributed by atoms with Gasteiger partial charge in [-0.05, 0) is 58.2 Å². The number of hydrogen-bond donors (Lipinski definition) is 1. The van der Waals surface area contributed by atoms with E-state index in [1.54, 1.807) is 38.8 Å². The molecule has 1 saturated heterocycles. The fourth-order valence-corrected chi connectivity index (χ4v) is 4.30. The monoisotopic (exact) mass is 502 g/mol. The van der Waals surface area contributed by atoms with Crippen molar-refractivity contribution in [3.8, 4) is 5.82 Å². The number of amides is 2. The van der Waals surface area contributed by atoms with Gasteiger partial charge in [-0.3, -0.25) is 4.79 Å². The van der Waals surface area contributed by atoms with Gasteiger partial charge in [-0.25, -0.2) is 19.3 Å². The Morgan fingerprint density at radius 1 is 1.11 bits per heavy atom. The summed E-state index contributed by atoms with van der Waals surface area (Å²) < 4.78 is 8.72. The second-order valence-electron chi connectivity index (χ2n) is 10.2. The van der Waals surface area contributed by atoms with Crippen LogP contribution in [0.1, 0.15) is 61.1 Å². The molecule has 5 rings (SSSR count). The topological polar surface area (TPSA) is 120 Å². The van der Waals surface area contributed by atoms with Gasteiger partial charge in [-0.2, -0.15) is 14.9 Å². The molecule has 37 heavy (non-hydrogen) atoms. The summed E-state index contributed by atoms with van der Waals surface area (Å²) in [7, 11) is 0. The number of nitrogens with zero attached hydrogens (tertiary/aromatic N) is 7. The Labute approximate surface area is 214 Å². The summed E-state index contributed by atoms with van der Waals surface area (Å²) in [6, 6.07) is 7.44. The molecule has 0 saturated carbocycles. The summed E-state index contributed by atoms with van der Waals surface area (Å²) in [5.74, 6) is 0.880. The van der Waals surface area contributed by atoms with Crippen molar-refractivity contribution in [3.63, 3.8) is 0 Å². The number of ether oxygens (including phenoxy) is 1. The van der Waals surface area contributed by atoms with Gasteiger partial charge >= 0.3 is 6.09 Å². The smallest absolute Gasteiger partial charge is 0.410 e. The van der Waals surface area contributed by atoms with Gasteiger partial charge in [0.05, 0.1) is 11.9 Å². The van der Waals surface area contributed by atoms with Crippen molar-refractivity contribution < 1.29 is 14.3 Å². The lowest BCUT2D eigenvalue weighted by molar-refractivity contribution is 0.0204. The van der Waals surface area contributed by atoms with E-state index in [9.17, 15) is 9.59 Å². The summed E-state index contributed by atoms with van der Waals surface area (Å²) in [4.78, 5) is 36.2. The normalized spacial score (nSPS) is 14.6. The van der Waals surface area contributed by atoms with Crippen LogP contribution in [0, 0.1) is 6.92 Å². The van der Waals surface area contributed by atoms with Gasteiger partial charge in [-0.1, -0.05) is 6.07 Å². The molecule has 0 atom stereocenters. The zero-order valence-electron chi connectivity index (χ0n) is 21.4. The largest absolute Gasteiger partial charge is 0.444 e. The lowest BCUT2D eigenvalue weighted by Gasteiger charge is -2.32. The van der Waals surface area contributed by atoms with Gasteiger partial charge in [0.15, 0.2) is 11.5 Å². The highest BCUT2D eigenvalue weighted by Gasteiger charge is 2.29. The van der Waals surface area contributed by atoms with Crippen LogP contribution in [0.3, 0.4) is 0 Å². The van der Waals surface area contributed by atoms with Gasteiger partial charge in [0.25, 0.3) is 5.91 Å². The predicted octanol–water partition coefficient (Wildman–Crippen LogP) is 3.99. The van der Waals surface area contributed by atoms with E-state index in [0.29, 0.717) is 35.9 Å². The molecule has 1 aliphatic rings. The molecule has 4 aromatic heterocycles. The minimum atomic E-state index is -0.530. The number of piperidine rings is 1. The third-order valence-electron chi connectivity index (χ3n) is 6.17. The number of pyridine rings is 1. The van der Waals surface area contributed by atoms with E-state index >= 15 is 0 Å².